The number of nitrogens with zero attached hydrogens (tertiary/aromatic N) is 2. The van der Waals surface area contributed by atoms with Gasteiger partial charge in [0.1, 0.15) is 5.75 Å². The van der Waals surface area contributed by atoms with Gasteiger partial charge in [0.2, 0.25) is 10.0 Å². The van der Waals surface area contributed by atoms with E-state index < -0.39 is 14.9 Å². The smallest absolute Gasteiger partial charge is 0.273 e. The van der Waals surface area contributed by atoms with Crippen molar-refractivity contribution in [1.82, 2.24) is 9.62 Å². The van der Waals surface area contributed by atoms with Crippen molar-refractivity contribution in [3.8, 4) is 5.75 Å². The first kappa shape index (κ1) is 22.8. The number of benzene rings is 2. The molecule has 2 aromatic rings. The zero-order valence-electron chi connectivity index (χ0n) is 17.1. The summed E-state index contributed by atoms with van der Waals surface area (Å²) in [4.78, 5) is 12.6. The first-order valence-corrected chi connectivity index (χ1v) is 10.8. The van der Waals surface area contributed by atoms with Gasteiger partial charge in [0.15, 0.2) is 0 Å². The predicted octanol–water partition coefficient (Wildman–Crippen LogP) is 3.27. The maximum atomic E-state index is 12.9. The third-order valence-electron chi connectivity index (χ3n) is 4.94. The monoisotopic (exact) mass is 421 g/mol. The van der Waals surface area contributed by atoms with Crippen molar-refractivity contribution >= 4 is 15.7 Å². The van der Waals surface area contributed by atoms with Crippen LogP contribution in [0.5, 0.6) is 5.75 Å². The Bertz CT molecular complexity index is 958. The molecule has 1 unspecified atom stereocenters. The highest BCUT2D eigenvalue weighted by Gasteiger charge is 2.26. The minimum absolute atomic E-state index is 0.0874. The lowest BCUT2D eigenvalue weighted by atomic mass is 10.0. The fourth-order valence-electron chi connectivity index (χ4n) is 3.33. The van der Waals surface area contributed by atoms with Crippen LogP contribution >= 0.6 is 0 Å². The standard InChI is InChI=1S/C20H27N3O5S/c1-5-22(6-2)19(16-9-7-10-17(13-16)28-4)14-21-29(26,27)20-12-8-11-18(15(20)3)23(24)25/h7-13,19,21H,5-6,14H2,1-4H3. The summed E-state index contributed by atoms with van der Waals surface area (Å²) in [7, 11) is -2.35. The quantitative estimate of drug-likeness (QED) is 0.467. The molecule has 158 valence electrons. The zero-order valence-corrected chi connectivity index (χ0v) is 17.9. The Morgan fingerprint density at radius 2 is 1.83 bits per heavy atom. The van der Waals surface area contributed by atoms with Crippen molar-refractivity contribution < 1.29 is 18.1 Å². The largest absolute Gasteiger partial charge is 0.497 e. The molecule has 0 aliphatic rings. The van der Waals surface area contributed by atoms with Crippen LogP contribution in [-0.2, 0) is 10.0 Å². The van der Waals surface area contributed by atoms with E-state index >= 15 is 0 Å². The molecule has 0 bridgehead atoms. The van der Waals surface area contributed by atoms with Crippen molar-refractivity contribution in [3.05, 3.63) is 63.7 Å². The number of rotatable bonds is 10. The lowest BCUT2D eigenvalue weighted by Gasteiger charge is -2.30. The molecule has 0 aliphatic carbocycles. The van der Waals surface area contributed by atoms with Crippen LogP contribution in [0, 0.1) is 17.0 Å². The molecule has 0 saturated carbocycles. The van der Waals surface area contributed by atoms with Gasteiger partial charge < -0.3 is 4.74 Å². The van der Waals surface area contributed by atoms with Crippen molar-refractivity contribution in [2.45, 2.75) is 31.7 Å². The fourth-order valence-corrected chi connectivity index (χ4v) is 4.63. The second-order valence-electron chi connectivity index (χ2n) is 6.52. The van der Waals surface area contributed by atoms with E-state index in [-0.39, 0.29) is 28.7 Å². The van der Waals surface area contributed by atoms with Gasteiger partial charge in [-0.25, -0.2) is 13.1 Å². The SMILES string of the molecule is CCN(CC)C(CNS(=O)(=O)c1cccc([N+](=O)[O-])c1C)c1cccc(OC)c1. The second kappa shape index (κ2) is 9.82. The first-order chi connectivity index (χ1) is 13.7. The molecule has 0 spiro atoms. The number of ether oxygens (including phenoxy) is 1. The summed E-state index contributed by atoms with van der Waals surface area (Å²) in [6.45, 7) is 7.05. The van der Waals surface area contributed by atoms with Crippen LogP contribution < -0.4 is 9.46 Å². The summed E-state index contributed by atoms with van der Waals surface area (Å²) >= 11 is 0. The van der Waals surface area contributed by atoms with Gasteiger partial charge in [-0.2, -0.15) is 0 Å². The molecule has 29 heavy (non-hydrogen) atoms. The highest BCUT2D eigenvalue weighted by atomic mass is 32.2. The summed E-state index contributed by atoms with van der Waals surface area (Å²) in [5, 5.41) is 11.2. The number of hydrogen-bond acceptors (Lipinski definition) is 6. The van der Waals surface area contributed by atoms with Gasteiger partial charge in [0, 0.05) is 24.2 Å². The van der Waals surface area contributed by atoms with E-state index in [1.807, 2.05) is 38.1 Å². The van der Waals surface area contributed by atoms with Gasteiger partial charge in [-0.3, -0.25) is 15.0 Å². The summed E-state index contributed by atoms with van der Waals surface area (Å²) in [5.41, 5.74) is 0.818. The minimum Gasteiger partial charge on any atom is -0.497 e. The van der Waals surface area contributed by atoms with E-state index in [1.54, 1.807) is 7.11 Å². The molecule has 1 N–H and O–H groups in total. The second-order valence-corrected chi connectivity index (χ2v) is 8.26. The zero-order chi connectivity index (χ0) is 21.6. The van der Waals surface area contributed by atoms with Crippen LogP contribution in [0.1, 0.15) is 31.0 Å². The average molecular weight is 422 g/mol. The molecule has 0 aliphatic heterocycles. The molecular weight excluding hydrogens is 394 g/mol. The third kappa shape index (κ3) is 5.31. The van der Waals surface area contributed by atoms with E-state index in [4.69, 9.17) is 4.74 Å². The molecule has 1 atom stereocenters. The molecule has 0 amide bonds. The minimum atomic E-state index is -3.93. The number of likely N-dealkylation sites (N-methyl/N-ethyl adjacent to an activating group) is 1. The third-order valence-corrected chi connectivity index (χ3v) is 6.51. The van der Waals surface area contributed by atoms with Crippen LogP contribution in [0.4, 0.5) is 5.69 Å². The van der Waals surface area contributed by atoms with Crippen LogP contribution in [0.15, 0.2) is 47.4 Å². The summed E-state index contributed by atoms with van der Waals surface area (Å²) < 4.78 is 33.7. The van der Waals surface area contributed by atoms with E-state index in [0.29, 0.717) is 5.75 Å². The maximum absolute atomic E-state index is 12.9. The number of sulfonamides is 1. The van der Waals surface area contributed by atoms with Gasteiger partial charge in [-0.15, -0.1) is 0 Å². The fraction of sp³-hybridized carbons (Fsp3) is 0.400. The first-order valence-electron chi connectivity index (χ1n) is 9.36. The van der Waals surface area contributed by atoms with Gasteiger partial charge >= 0.3 is 0 Å². The van der Waals surface area contributed by atoms with Crippen molar-refractivity contribution in [1.29, 1.82) is 0 Å². The van der Waals surface area contributed by atoms with Gasteiger partial charge in [0.05, 0.1) is 16.9 Å². The molecule has 0 saturated heterocycles. The van der Waals surface area contributed by atoms with Gasteiger partial charge in [-0.1, -0.05) is 32.0 Å². The highest BCUT2D eigenvalue weighted by Crippen LogP contribution is 2.27. The lowest BCUT2D eigenvalue weighted by Crippen LogP contribution is -2.38. The molecule has 0 heterocycles. The summed E-state index contributed by atoms with van der Waals surface area (Å²) in [6.07, 6.45) is 0. The summed E-state index contributed by atoms with van der Waals surface area (Å²) in [5.74, 6) is 0.692. The van der Waals surface area contributed by atoms with Crippen molar-refractivity contribution in [3.63, 3.8) is 0 Å². The molecule has 9 heteroatoms. The Balaban J connectivity index is 2.35. The Morgan fingerprint density at radius 3 is 2.41 bits per heavy atom. The van der Waals surface area contributed by atoms with E-state index in [0.717, 1.165) is 18.7 Å². The van der Waals surface area contributed by atoms with Crippen molar-refractivity contribution in [2.75, 3.05) is 26.7 Å². The van der Waals surface area contributed by atoms with Crippen LogP contribution in [0.2, 0.25) is 0 Å². The van der Waals surface area contributed by atoms with Crippen LogP contribution in [-0.4, -0.2) is 45.0 Å². The predicted molar refractivity (Wildman–Crippen MR) is 112 cm³/mol. The Hall–Kier alpha value is -2.49. The van der Waals surface area contributed by atoms with E-state index in [9.17, 15) is 18.5 Å². The number of nitro groups is 1. The Kier molecular flexibility index (Phi) is 7.72. The Labute approximate surface area is 171 Å². The molecule has 0 aromatic heterocycles. The number of methoxy groups -OCH3 is 1. The maximum Gasteiger partial charge on any atom is 0.273 e. The molecule has 2 rings (SSSR count). The molecule has 2 aromatic carbocycles. The van der Waals surface area contributed by atoms with Gasteiger partial charge in [-0.05, 0) is 43.8 Å². The molecule has 8 nitrogen and oxygen atoms in total. The topological polar surface area (TPSA) is 102 Å². The molecule has 0 fully saturated rings. The van der Waals surface area contributed by atoms with Crippen molar-refractivity contribution in [2.24, 2.45) is 0 Å². The number of nitrogens with one attached hydrogen (secondary N) is 1. The number of nitro benzene ring substituents is 1. The van der Waals surface area contributed by atoms with Crippen LogP contribution in [0.3, 0.4) is 0 Å². The number of hydrogen-bond donors (Lipinski definition) is 1. The highest BCUT2D eigenvalue weighted by molar-refractivity contribution is 7.89. The van der Waals surface area contributed by atoms with E-state index in [1.165, 1.54) is 25.1 Å². The van der Waals surface area contributed by atoms with Gasteiger partial charge in [0.25, 0.3) is 5.69 Å². The lowest BCUT2D eigenvalue weighted by molar-refractivity contribution is -0.385. The molecular formula is C20H27N3O5S. The molecule has 0 radical (unpaired) electrons. The van der Waals surface area contributed by atoms with E-state index in [2.05, 4.69) is 9.62 Å². The normalized spacial score (nSPS) is 12.7. The summed E-state index contributed by atoms with van der Waals surface area (Å²) in [6, 6.07) is 11.3. The van der Waals surface area contributed by atoms with Crippen LogP contribution in [0.25, 0.3) is 0 Å². The average Bonchev–Trinajstić information content (AvgIpc) is 2.70. The Morgan fingerprint density at radius 1 is 1.17 bits per heavy atom.